The zero-order chi connectivity index (χ0) is 20.9. The SMILES string of the molecule is CC1CN(c2ccc(NC(=O)Cc3csc(Cc4ccccc4)n3)cn2)CC(C)O1. The van der Waals surface area contributed by atoms with Gasteiger partial charge in [-0.05, 0) is 31.5 Å². The molecule has 1 fully saturated rings. The van der Waals surface area contributed by atoms with Gasteiger partial charge in [0, 0.05) is 24.9 Å². The van der Waals surface area contributed by atoms with Crippen molar-refractivity contribution in [2.45, 2.75) is 38.9 Å². The van der Waals surface area contributed by atoms with Gasteiger partial charge in [-0.15, -0.1) is 11.3 Å². The van der Waals surface area contributed by atoms with Crippen LogP contribution in [0.15, 0.2) is 54.0 Å². The number of thiazole rings is 1. The number of aromatic nitrogens is 2. The van der Waals surface area contributed by atoms with E-state index < -0.39 is 0 Å². The minimum absolute atomic E-state index is 0.0882. The Morgan fingerprint density at radius 3 is 2.63 bits per heavy atom. The van der Waals surface area contributed by atoms with Crippen LogP contribution in [0.4, 0.5) is 11.5 Å². The van der Waals surface area contributed by atoms with Crippen LogP contribution in [-0.2, 0) is 22.4 Å². The normalized spacial score (nSPS) is 18.9. The molecule has 6 nitrogen and oxygen atoms in total. The van der Waals surface area contributed by atoms with E-state index >= 15 is 0 Å². The fourth-order valence-electron chi connectivity index (χ4n) is 3.66. The van der Waals surface area contributed by atoms with Crippen molar-refractivity contribution in [3.05, 3.63) is 70.3 Å². The van der Waals surface area contributed by atoms with E-state index in [1.807, 2.05) is 35.7 Å². The second kappa shape index (κ2) is 9.36. The highest BCUT2D eigenvalue weighted by Gasteiger charge is 2.23. The van der Waals surface area contributed by atoms with Gasteiger partial charge in [-0.1, -0.05) is 30.3 Å². The maximum atomic E-state index is 12.4. The molecule has 3 aromatic rings. The van der Waals surface area contributed by atoms with Crippen molar-refractivity contribution in [1.29, 1.82) is 0 Å². The van der Waals surface area contributed by atoms with E-state index in [0.29, 0.717) is 5.69 Å². The van der Waals surface area contributed by atoms with E-state index in [2.05, 4.69) is 46.2 Å². The fourth-order valence-corrected chi connectivity index (χ4v) is 4.49. The van der Waals surface area contributed by atoms with Gasteiger partial charge < -0.3 is 15.0 Å². The first-order chi connectivity index (χ1) is 14.5. The number of nitrogens with one attached hydrogen (secondary N) is 1. The molecule has 1 N–H and O–H groups in total. The third-order valence-corrected chi connectivity index (χ3v) is 5.81. The summed E-state index contributed by atoms with van der Waals surface area (Å²) >= 11 is 1.59. The summed E-state index contributed by atoms with van der Waals surface area (Å²) in [6, 6.07) is 14.1. The summed E-state index contributed by atoms with van der Waals surface area (Å²) in [6.07, 6.45) is 3.11. The number of hydrogen-bond acceptors (Lipinski definition) is 6. The highest BCUT2D eigenvalue weighted by molar-refractivity contribution is 7.09. The number of rotatable bonds is 6. The van der Waals surface area contributed by atoms with Gasteiger partial charge in [-0.2, -0.15) is 0 Å². The van der Waals surface area contributed by atoms with Gasteiger partial charge in [0.15, 0.2) is 0 Å². The maximum absolute atomic E-state index is 12.4. The van der Waals surface area contributed by atoms with E-state index in [0.717, 1.165) is 36.0 Å². The Morgan fingerprint density at radius 2 is 1.93 bits per heavy atom. The number of amides is 1. The molecule has 0 aliphatic carbocycles. The van der Waals surface area contributed by atoms with Gasteiger partial charge in [-0.3, -0.25) is 4.79 Å². The van der Waals surface area contributed by atoms with E-state index in [1.165, 1.54) is 5.56 Å². The highest BCUT2D eigenvalue weighted by Crippen LogP contribution is 2.20. The molecule has 0 bridgehead atoms. The smallest absolute Gasteiger partial charge is 0.230 e. The molecule has 1 aromatic carbocycles. The van der Waals surface area contributed by atoms with Crippen LogP contribution in [0.25, 0.3) is 0 Å². The molecule has 156 valence electrons. The monoisotopic (exact) mass is 422 g/mol. The number of ether oxygens (including phenoxy) is 1. The highest BCUT2D eigenvalue weighted by atomic mass is 32.1. The summed E-state index contributed by atoms with van der Waals surface area (Å²) in [7, 11) is 0. The third kappa shape index (κ3) is 5.43. The van der Waals surface area contributed by atoms with Crippen LogP contribution >= 0.6 is 11.3 Å². The van der Waals surface area contributed by atoms with Crippen molar-refractivity contribution in [2.24, 2.45) is 0 Å². The number of nitrogens with zero attached hydrogens (tertiary/aromatic N) is 3. The molecule has 0 radical (unpaired) electrons. The Bertz CT molecular complexity index is 964. The fraction of sp³-hybridized carbons (Fsp3) is 0.348. The first-order valence-electron chi connectivity index (χ1n) is 10.2. The molecule has 2 atom stereocenters. The predicted octanol–water partition coefficient (Wildman–Crippen LogP) is 3.92. The van der Waals surface area contributed by atoms with Gasteiger partial charge >= 0.3 is 0 Å². The predicted molar refractivity (Wildman–Crippen MR) is 120 cm³/mol. The van der Waals surface area contributed by atoms with Crippen LogP contribution in [0, 0.1) is 0 Å². The summed E-state index contributed by atoms with van der Waals surface area (Å²) in [6.45, 7) is 5.78. The molecule has 2 unspecified atom stereocenters. The molecule has 4 rings (SSSR count). The number of pyridine rings is 1. The Labute approximate surface area is 180 Å². The quantitative estimate of drug-likeness (QED) is 0.652. The van der Waals surface area contributed by atoms with Gasteiger partial charge in [0.25, 0.3) is 0 Å². The number of anilines is 2. The van der Waals surface area contributed by atoms with Crippen LogP contribution in [-0.4, -0.2) is 41.2 Å². The molecule has 1 amide bonds. The van der Waals surface area contributed by atoms with E-state index in [1.54, 1.807) is 17.5 Å². The summed E-state index contributed by atoms with van der Waals surface area (Å²) in [5.74, 6) is 0.815. The van der Waals surface area contributed by atoms with Crippen LogP contribution < -0.4 is 10.2 Å². The van der Waals surface area contributed by atoms with Gasteiger partial charge in [-0.25, -0.2) is 9.97 Å². The van der Waals surface area contributed by atoms with Gasteiger partial charge in [0.1, 0.15) is 5.82 Å². The van der Waals surface area contributed by atoms with Gasteiger partial charge in [0.2, 0.25) is 5.91 Å². The zero-order valence-corrected chi connectivity index (χ0v) is 18.1. The zero-order valence-electron chi connectivity index (χ0n) is 17.2. The average Bonchev–Trinajstić information content (AvgIpc) is 3.15. The van der Waals surface area contributed by atoms with E-state index in [9.17, 15) is 4.79 Å². The van der Waals surface area contributed by atoms with E-state index in [4.69, 9.17) is 4.74 Å². The largest absolute Gasteiger partial charge is 0.372 e. The lowest BCUT2D eigenvalue weighted by molar-refractivity contribution is -0.115. The molecule has 0 saturated carbocycles. The van der Waals surface area contributed by atoms with Crippen molar-refractivity contribution < 1.29 is 9.53 Å². The Kier molecular flexibility index (Phi) is 6.40. The molecule has 1 aliphatic heterocycles. The lowest BCUT2D eigenvalue weighted by Gasteiger charge is -2.36. The van der Waals surface area contributed by atoms with Crippen molar-refractivity contribution in [3.8, 4) is 0 Å². The van der Waals surface area contributed by atoms with Crippen molar-refractivity contribution in [2.75, 3.05) is 23.3 Å². The molecule has 0 spiro atoms. The topological polar surface area (TPSA) is 67.4 Å². The van der Waals surface area contributed by atoms with Crippen LogP contribution in [0.5, 0.6) is 0 Å². The van der Waals surface area contributed by atoms with Crippen LogP contribution in [0.1, 0.15) is 30.1 Å². The molecule has 2 aromatic heterocycles. The molecule has 30 heavy (non-hydrogen) atoms. The standard InChI is InChI=1S/C23H26N4O2S/c1-16-13-27(14-17(2)29-16)21-9-8-19(12-24-21)25-22(28)11-20-15-30-23(26-20)10-18-6-4-3-5-7-18/h3-9,12,15-17H,10-11,13-14H2,1-2H3,(H,25,28). The molecule has 1 aliphatic rings. The summed E-state index contributed by atoms with van der Waals surface area (Å²) < 4.78 is 5.77. The minimum atomic E-state index is -0.0882. The van der Waals surface area contributed by atoms with Crippen molar-refractivity contribution in [3.63, 3.8) is 0 Å². The first kappa shape index (κ1) is 20.5. The van der Waals surface area contributed by atoms with E-state index in [-0.39, 0.29) is 24.5 Å². The second-order valence-electron chi connectivity index (χ2n) is 7.69. The van der Waals surface area contributed by atoms with Crippen LogP contribution in [0.3, 0.4) is 0 Å². The molecule has 3 heterocycles. The lowest BCUT2D eigenvalue weighted by Crippen LogP contribution is -2.45. The number of carbonyl (C=O) groups excluding carboxylic acids is 1. The minimum Gasteiger partial charge on any atom is -0.372 e. The molecule has 7 heteroatoms. The number of hydrogen-bond donors (Lipinski definition) is 1. The molecular weight excluding hydrogens is 396 g/mol. The number of carbonyl (C=O) groups is 1. The summed E-state index contributed by atoms with van der Waals surface area (Å²) in [4.78, 5) is 23.8. The Morgan fingerprint density at radius 1 is 1.17 bits per heavy atom. The molecular formula is C23H26N4O2S. The maximum Gasteiger partial charge on any atom is 0.230 e. The third-order valence-electron chi connectivity index (χ3n) is 4.91. The summed E-state index contributed by atoms with van der Waals surface area (Å²) in [5, 5.41) is 5.89. The average molecular weight is 423 g/mol. The number of benzene rings is 1. The Balaban J connectivity index is 1.31. The summed E-state index contributed by atoms with van der Waals surface area (Å²) in [5.41, 5.74) is 2.71. The van der Waals surface area contributed by atoms with Crippen molar-refractivity contribution in [1.82, 2.24) is 9.97 Å². The number of morpholine rings is 1. The van der Waals surface area contributed by atoms with Crippen LogP contribution in [0.2, 0.25) is 0 Å². The van der Waals surface area contributed by atoms with Crippen molar-refractivity contribution >= 4 is 28.7 Å². The second-order valence-corrected chi connectivity index (χ2v) is 8.63. The van der Waals surface area contributed by atoms with Gasteiger partial charge in [0.05, 0.1) is 41.2 Å². The molecule has 1 saturated heterocycles. The lowest BCUT2D eigenvalue weighted by atomic mass is 10.2. The first-order valence-corrected chi connectivity index (χ1v) is 11.1. The Hall–Kier alpha value is -2.77.